The number of hydrogen-bond donors (Lipinski definition) is 0. The van der Waals surface area contributed by atoms with Crippen molar-refractivity contribution in [3.63, 3.8) is 0 Å². The van der Waals surface area contributed by atoms with Gasteiger partial charge in [-0.15, -0.1) is 0 Å². The Bertz CT molecular complexity index is 412. The molecule has 0 bridgehead atoms. The molecule has 16 heavy (non-hydrogen) atoms. The van der Waals surface area contributed by atoms with Gasteiger partial charge in [-0.3, -0.25) is 0 Å². The number of aryl methyl sites for hydroxylation is 1. The fourth-order valence-electron chi connectivity index (χ4n) is 1.70. The highest BCUT2D eigenvalue weighted by atomic mass is 16.5. The van der Waals surface area contributed by atoms with Crippen molar-refractivity contribution in [3.8, 4) is 5.75 Å². The largest absolute Gasteiger partial charge is 0.458 e. The van der Waals surface area contributed by atoms with Gasteiger partial charge in [-0.05, 0) is 43.0 Å². The lowest BCUT2D eigenvalue weighted by atomic mass is 9.91. The van der Waals surface area contributed by atoms with Crippen LogP contribution in [-0.2, 0) is 0 Å². The molecule has 1 aliphatic rings. The summed E-state index contributed by atoms with van der Waals surface area (Å²) in [6.07, 6.45) is 6.45. The molecule has 1 aromatic carbocycles. The Kier molecular flexibility index (Phi) is 3.14. The second-order valence-corrected chi connectivity index (χ2v) is 4.56. The standard InChI is InChI=1S/C15H18O/c1-11-4-7-14(8-5-11)16-15-9-6-12(2)13(3)10-15/h4-10,12-13H,1-3H3. The van der Waals surface area contributed by atoms with Crippen LogP contribution in [0.25, 0.3) is 0 Å². The van der Waals surface area contributed by atoms with Crippen LogP contribution in [0.4, 0.5) is 0 Å². The average molecular weight is 214 g/mol. The summed E-state index contributed by atoms with van der Waals surface area (Å²) in [6.45, 7) is 6.51. The molecule has 0 N–H and O–H groups in total. The van der Waals surface area contributed by atoms with Crippen LogP contribution in [0.2, 0.25) is 0 Å². The van der Waals surface area contributed by atoms with Crippen LogP contribution >= 0.6 is 0 Å². The van der Waals surface area contributed by atoms with Crippen molar-refractivity contribution in [2.75, 3.05) is 0 Å². The van der Waals surface area contributed by atoms with E-state index in [1.54, 1.807) is 0 Å². The fraction of sp³-hybridized carbons (Fsp3) is 0.333. The van der Waals surface area contributed by atoms with Crippen LogP contribution in [0.1, 0.15) is 19.4 Å². The molecule has 1 aliphatic carbocycles. The zero-order valence-electron chi connectivity index (χ0n) is 10.1. The minimum atomic E-state index is 0.547. The summed E-state index contributed by atoms with van der Waals surface area (Å²) in [5.74, 6) is 3.01. The Morgan fingerprint density at radius 2 is 1.69 bits per heavy atom. The molecule has 0 amide bonds. The molecule has 0 aliphatic heterocycles. The Morgan fingerprint density at radius 1 is 1.00 bits per heavy atom. The zero-order valence-corrected chi connectivity index (χ0v) is 10.1. The van der Waals surface area contributed by atoms with E-state index in [2.05, 4.69) is 51.1 Å². The number of ether oxygens (including phenoxy) is 1. The molecule has 0 radical (unpaired) electrons. The highest BCUT2D eigenvalue weighted by molar-refractivity contribution is 5.31. The van der Waals surface area contributed by atoms with E-state index >= 15 is 0 Å². The van der Waals surface area contributed by atoms with Crippen molar-refractivity contribution in [2.45, 2.75) is 20.8 Å². The summed E-state index contributed by atoms with van der Waals surface area (Å²) in [7, 11) is 0. The third kappa shape index (κ3) is 2.54. The molecule has 84 valence electrons. The quantitative estimate of drug-likeness (QED) is 0.720. The Hall–Kier alpha value is -1.50. The fourth-order valence-corrected chi connectivity index (χ4v) is 1.70. The van der Waals surface area contributed by atoms with Crippen molar-refractivity contribution >= 4 is 0 Å². The molecule has 2 unspecified atom stereocenters. The molecule has 0 fully saturated rings. The first-order valence-corrected chi connectivity index (χ1v) is 5.79. The lowest BCUT2D eigenvalue weighted by Gasteiger charge is -2.19. The van der Waals surface area contributed by atoms with Gasteiger partial charge in [0.05, 0.1) is 0 Å². The van der Waals surface area contributed by atoms with E-state index in [1.165, 1.54) is 5.56 Å². The van der Waals surface area contributed by atoms with Crippen molar-refractivity contribution in [1.82, 2.24) is 0 Å². The Labute approximate surface area is 97.4 Å². The summed E-state index contributed by atoms with van der Waals surface area (Å²) in [6, 6.07) is 8.14. The third-order valence-corrected chi connectivity index (χ3v) is 3.08. The lowest BCUT2D eigenvalue weighted by molar-refractivity contribution is 0.418. The molecule has 0 saturated carbocycles. The Balaban J connectivity index is 2.08. The molecule has 1 nitrogen and oxygen atoms in total. The van der Waals surface area contributed by atoms with Gasteiger partial charge >= 0.3 is 0 Å². The molecule has 0 spiro atoms. The van der Waals surface area contributed by atoms with Crippen LogP contribution in [0, 0.1) is 18.8 Å². The van der Waals surface area contributed by atoms with E-state index in [0.29, 0.717) is 11.8 Å². The van der Waals surface area contributed by atoms with E-state index in [4.69, 9.17) is 4.74 Å². The SMILES string of the molecule is Cc1ccc(OC2=CC(C)C(C)C=C2)cc1. The van der Waals surface area contributed by atoms with Crippen LogP contribution in [0.3, 0.4) is 0 Å². The number of allylic oxidation sites excluding steroid dienone is 3. The van der Waals surface area contributed by atoms with Crippen molar-refractivity contribution < 1.29 is 4.74 Å². The van der Waals surface area contributed by atoms with E-state index < -0.39 is 0 Å². The van der Waals surface area contributed by atoms with E-state index in [0.717, 1.165) is 11.5 Å². The van der Waals surface area contributed by atoms with Crippen molar-refractivity contribution in [1.29, 1.82) is 0 Å². The maximum Gasteiger partial charge on any atom is 0.127 e. The molecule has 0 heterocycles. The highest BCUT2D eigenvalue weighted by Crippen LogP contribution is 2.24. The van der Waals surface area contributed by atoms with Crippen LogP contribution in [0.15, 0.2) is 48.3 Å². The van der Waals surface area contributed by atoms with Crippen LogP contribution in [0.5, 0.6) is 5.75 Å². The second kappa shape index (κ2) is 4.56. The zero-order chi connectivity index (χ0) is 11.5. The summed E-state index contributed by atoms with van der Waals surface area (Å²) >= 11 is 0. The Morgan fingerprint density at radius 3 is 2.31 bits per heavy atom. The predicted molar refractivity (Wildman–Crippen MR) is 67.4 cm³/mol. The molecule has 2 atom stereocenters. The molecule has 2 rings (SSSR count). The number of rotatable bonds is 2. The van der Waals surface area contributed by atoms with E-state index in [-0.39, 0.29) is 0 Å². The average Bonchev–Trinajstić information content (AvgIpc) is 2.27. The van der Waals surface area contributed by atoms with Crippen molar-refractivity contribution in [3.05, 3.63) is 53.8 Å². The summed E-state index contributed by atoms with van der Waals surface area (Å²) < 4.78 is 5.80. The molecule has 1 heteroatoms. The molecule has 0 aromatic heterocycles. The second-order valence-electron chi connectivity index (χ2n) is 4.56. The minimum Gasteiger partial charge on any atom is -0.458 e. The normalized spacial score (nSPS) is 24.1. The molecular formula is C15H18O. The summed E-state index contributed by atoms with van der Waals surface area (Å²) in [4.78, 5) is 0. The summed E-state index contributed by atoms with van der Waals surface area (Å²) in [5, 5.41) is 0. The van der Waals surface area contributed by atoms with Gasteiger partial charge in [0, 0.05) is 0 Å². The molecule has 0 saturated heterocycles. The van der Waals surface area contributed by atoms with Gasteiger partial charge in [-0.1, -0.05) is 37.6 Å². The first-order valence-electron chi connectivity index (χ1n) is 5.79. The minimum absolute atomic E-state index is 0.547. The highest BCUT2D eigenvalue weighted by Gasteiger charge is 2.12. The topological polar surface area (TPSA) is 9.23 Å². The van der Waals surface area contributed by atoms with Gasteiger partial charge in [-0.25, -0.2) is 0 Å². The smallest absolute Gasteiger partial charge is 0.127 e. The lowest BCUT2D eigenvalue weighted by Crippen LogP contribution is -2.09. The van der Waals surface area contributed by atoms with E-state index in [1.807, 2.05) is 12.1 Å². The van der Waals surface area contributed by atoms with Gasteiger partial charge in [0.25, 0.3) is 0 Å². The van der Waals surface area contributed by atoms with Crippen molar-refractivity contribution in [2.24, 2.45) is 11.8 Å². The van der Waals surface area contributed by atoms with Gasteiger partial charge in [0.1, 0.15) is 11.5 Å². The van der Waals surface area contributed by atoms with Gasteiger partial charge in [-0.2, -0.15) is 0 Å². The maximum absolute atomic E-state index is 5.80. The van der Waals surface area contributed by atoms with Gasteiger partial charge in [0.15, 0.2) is 0 Å². The number of benzene rings is 1. The monoisotopic (exact) mass is 214 g/mol. The first-order chi connectivity index (χ1) is 7.65. The van der Waals surface area contributed by atoms with E-state index in [9.17, 15) is 0 Å². The van der Waals surface area contributed by atoms with Gasteiger partial charge < -0.3 is 4.74 Å². The maximum atomic E-state index is 5.80. The predicted octanol–water partition coefficient (Wildman–Crippen LogP) is 4.10. The molecule has 1 aromatic rings. The van der Waals surface area contributed by atoms with Crippen LogP contribution < -0.4 is 4.74 Å². The molecular weight excluding hydrogens is 196 g/mol. The third-order valence-electron chi connectivity index (χ3n) is 3.08. The van der Waals surface area contributed by atoms with Gasteiger partial charge in [0.2, 0.25) is 0 Å². The first kappa shape index (κ1) is 11.0. The van der Waals surface area contributed by atoms with Crippen LogP contribution in [-0.4, -0.2) is 0 Å². The summed E-state index contributed by atoms with van der Waals surface area (Å²) in [5.41, 5.74) is 1.25. The number of hydrogen-bond acceptors (Lipinski definition) is 1.